The van der Waals surface area contributed by atoms with Crippen molar-refractivity contribution < 1.29 is 14.3 Å². The summed E-state index contributed by atoms with van der Waals surface area (Å²) in [5, 5.41) is 0. The summed E-state index contributed by atoms with van der Waals surface area (Å²) in [6, 6.07) is 5.67. The average Bonchev–Trinajstić information content (AvgIpc) is 3.03. The molecule has 0 saturated carbocycles. The molecule has 1 heterocycles. The van der Waals surface area contributed by atoms with E-state index in [2.05, 4.69) is 13.2 Å². The van der Waals surface area contributed by atoms with E-state index in [1.807, 2.05) is 38.1 Å². The van der Waals surface area contributed by atoms with Crippen LogP contribution in [-0.2, 0) is 4.79 Å². The van der Waals surface area contributed by atoms with Crippen molar-refractivity contribution in [2.24, 2.45) is 0 Å². The molecule has 1 aliphatic rings. The Morgan fingerprint density at radius 1 is 1.29 bits per heavy atom. The fourth-order valence-electron chi connectivity index (χ4n) is 2.33. The molecule has 0 unspecified atom stereocenters. The van der Waals surface area contributed by atoms with Gasteiger partial charge in [-0.1, -0.05) is 37.5 Å². The van der Waals surface area contributed by atoms with Crippen molar-refractivity contribution in [2.75, 3.05) is 13.3 Å². The first-order chi connectivity index (χ1) is 11.5. The fourth-order valence-corrected chi connectivity index (χ4v) is 2.33. The molecule has 0 aliphatic carbocycles. The van der Waals surface area contributed by atoms with Gasteiger partial charge in [0.2, 0.25) is 12.7 Å². The number of hydrogen-bond donors (Lipinski definition) is 0. The van der Waals surface area contributed by atoms with E-state index in [0.717, 1.165) is 16.9 Å². The van der Waals surface area contributed by atoms with Gasteiger partial charge in [-0.2, -0.15) is 0 Å². The quantitative estimate of drug-likeness (QED) is 0.562. The van der Waals surface area contributed by atoms with Crippen LogP contribution in [0.4, 0.5) is 0 Å². The van der Waals surface area contributed by atoms with Crippen LogP contribution in [0.5, 0.6) is 11.5 Å². The highest BCUT2D eigenvalue weighted by Gasteiger charge is 2.16. The van der Waals surface area contributed by atoms with Gasteiger partial charge in [0.25, 0.3) is 0 Å². The summed E-state index contributed by atoms with van der Waals surface area (Å²) >= 11 is 0. The van der Waals surface area contributed by atoms with Crippen LogP contribution in [-0.4, -0.2) is 30.2 Å². The SMILES string of the molecule is C=C/C=C(\C=C)CN(C(=O)/C=C/c1ccc2c(c1)OCO2)C(C)C. The third-order valence-corrected chi connectivity index (χ3v) is 3.67. The molecule has 1 amide bonds. The summed E-state index contributed by atoms with van der Waals surface area (Å²) < 4.78 is 10.6. The minimum absolute atomic E-state index is 0.0560. The van der Waals surface area contributed by atoms with Gasteiger partial charge in [-0.05, 0) is 43.2 Å². The van der Waals surface area contributed by atoms with E-state index < -0.39 is 0 Å². The molecule has 1 aromatic rings. The molecule has 0 saturated heterocycles. The Labute approximate surface area is 143 Å². The zero-order valence-corrected chi connectivity index (χ0v) is 14.2. The highest BCUT2D eigenvalue weighted by atomic mass is 16.7. The van der Waals surface area contributed by atoms with E-state index >= 15 is 0 Å². The maximum absolute atomic E-state index is 12.5. The molecule has 24 heavy (non-hydrogen) atoms. The van der Waals surface area contributed by atoms with Crippen molar-refractivity contribution in [1.29, 1.82) is 0 Å². The van der Waals surface area contributed by atoms with Gasteiger partial charge >= 0.3 is 0 Å². The van der Waals surface area contributed by atoms with Crippen LogP contribution in [0.25, 0.3) is 6.08 Å². The van der Waals surface area contributed by atoms with E-state index in [-0.39, 0.29) is 18.7 Å². The van der Waals surface area contributed by atoms with Crippen molar-refractivity contribution in [1.82, 2.24) is 4.90 Å². The van der Waals surface area contributed by atoms with Crippen LogP contribution in [0.2, 0.25) is 0 Å². The van der Waals surface area contributed by atoms with Crippen molar-refractivity contribution in [3.63, 3.8) is 0 Å². The number of carbonyl (C=O) groups excluding carboxylic acids is 1. The highest BCUT2D eigenvalue weighted by molar-refractivity contribution is 5.92. The minimum atomic E-state index is -0.0560. The van der Waals surface area contributed by atoms with Gasteiger partial charge in [0.15, 0.2) is 11.5 Å². The Kier molecular flexibility index (Phi) is 6.01. The van der Waals surface area contributed by atoms with Crippen LogP contribution in [0.1, 0.15) is 19.4 Å². The average molecular weight is 325 g/mol. The topological polar surface area (TPSA) is 38.8 Å². The van der Waals surface area contributed by atoms with E-state index in [1.165, 1.54) is 0 Å². The van der Waals surface area contributed by atoms with Crippen molar-refractivity contribution in [3.05, 3.63) is 66.8 Å². The highest BCUT2D eigenvalue weighted by Crippen LogP contribution is 2.32. The molecule has 0 atom stereocenters. The number of amides is 1. The standard InChI is InChI=1S/C20H23NO3/c1-5-7-16(6-2)13-21(15(3)4)20(22)11-9-17-8-10-18-19(12-17)24-14-23-18/h5-12,15H,1-2,13-14H2,3-4H3/b11-9+,16-7+. The maximum Gasteiger partial charge on any atom is 0.247 e. The van der Waals surface area contributed by atoms with Gasteiger partial charge < -0.3 is 14.4 Å². The first-order valence-electron chi connectivity index (χ1n) is 7.87. The van der Waals surface area contributed by atoms with E-state index in [1.54, 1.807) is 29.2 Å². The van der Waals surface area contributed by atoms with E-state index in [0.29, 0.717) is 12.3 Å². The largest absolute Gasteiger partial charge is 0.454 e. The lowest BCUT2D eigenvalue weighted by Gasteiger charge is -2.26. The predicted octanol–water partition coefficient (Wildman–Crippen LogP) is 3.96. The van der Waals surface area contributed by atoms with Gasteiger partial charge in [0.05, 0.1) is 0 Å². The number of benzene rings is 1. The van der Waals surface area contributed by atoms with Crippen molar-refractivity contribution in [3.8, 4) is 11.5 Å². The summed E-state index contributed by atoms with van der Waals surface area (Å²) in [4.78, 5) is 14.3. The number of nitrogens with zero attached hydrogens (tertiary/aromatic N) is 1. The number of carbonyl (C=O) groups is 1. The Hall–Kier alpha value is -2.75. The van der Waals surface area contributed by atoms with Crippen LogP contribution >= 0.6 is 0 Å². The maximum atomic E-state index is 12.5. The normalized spacial score (nSPS) is 13.4. The number of fused-ring (bicyclic) bond motifs is 1. The molecule has 2 rings (SSSR count). The number of ether oxygens (including phenoxy) is 2. The summed E-state index contributed by atoms with van der Waals surface area (Å²) in [5.74, 6) is 1.38. The van der Waals surface area contributed by atoms with Crippen LogP contribution < -0.4 is 9.47 Å². The molecule has 0 spiro atoms. The number of rotatable bonds is 7. The molecule has 0 bridgehead atoms. The smallest absolute Gasteiger partial charge is 0.247 e. The summed E-state index contributed by atoms with van der Waals surface area (Å²) in [5.41, 5.74) is 1.84. The number of allylic oxidation sites excluding steroid dienone is 2. The Bertz CT molecular complexity index is 686. The Morgan fingerprint density at radius 3 is 2.71 bits per heavy atom. The molecule has 0 radical (unpaired) electrons. The second-order valence-corrected chi connectivity index (χ2v) is 5.69. The van der Waals surface area contributed by atoms with Gasteiger partial charge in [-0.3, -0.25) is 4.79 Å². The second-order valence-electron chi connectivity index (χ2n) is 5.69. The zero-order valence-electron chi connectivity index (χ0n) is 14.2. The monoisotopic (exact) mass is 325 g/mol. The first kappa shape index (κ1) is 17.6. The molecule has 1 aliphatic heterocycles. The molecule has 0 N–H and O–H groups in total. The molecule has 0 fully saturated rings. The third-order valence-electron chi connectivity index (χ3n) is 3.67. The molecule has 0 aromatic heterocycles. The number of hydrogen-bond acceptors (Lipinski definition) is 3. The van der Waals surface area contributed by atoms with Gasteiger partial charge in [-0.25, -0.2) is 0 Å². The van der Waals surface area contributed by atoms with Gasteiger partial charge in [0, 0.05) is 18.7 Å². The van der Waals surface area contributed by atoms with Crippen LogP contribution in [0, 0.1) is 0 Å². The molecular weight excluding hydrogens is 302 g/mol. The summed E-state index contributed by atoms with van der Waals surface area (Å²) in [7, 11) is 0. The van der Waals surface area contributed by atoms with Gasteiger partial charge in [0.1, 0.15) is 0 Å². The van der Waals surface area contributed by atoms with Crippen molar-refractivity contribution >= 4 is 12.0 Å². The van der Waals surface area contributed by atoms with Crippen LogP contribution in [0.3, 0.4) is 0 Å². The van der Waals surface area contributed by atoms with E-state index in [4.69, 9.17) is 9.47 Å². The Balaban J connectivity index is 2.11. The lowest BCUT2D eigenvalue weighted by molar-refractivity contribution is -0.127. The minimum Gasteiger partial charge on any atom is -0.454 e. The van der Waals surface area contributed by atoms with Gasteiger partial charge in [-0.15, -0.1) is 0 Å². The van der Waals surface area contributed by atoms with E-state index in [9.17, 15) is 4.79 Å². The first-order valence-corrected chi connectivity index (χ1v) is 7.87. The third kappa shape index (κ3) is 4.38. The molecule has 4 nitrogen and oxygen atoms in total. The fraction of sp³-hybridized carbons (Fsp3) is 0.250. The molecule has 4 heteroatoms. The lowest BCUT2D eigenvalue weighted by atomic mass is 10.1. The summed E-state index contributed by atoms with van der Waals surface area (Å²) in [6.45, 7) is 12.2. The molecular formula is C20H23NO3. The molecule has 126 valence electrons. The second kappa shape index (κ2) is 8.20. The van der Waals surface area contributed by atoms with Crippen LogP contribution in [0.15, 0.2) is 61.2 Å². The Morgan fingerprint density at radius 2 is 2.04 bits per heavy atom. The lowest BCUT2D eigenvalue weighted by Crippen LogP contribution is -2.37. The summed E-state index contributed by atoms with van der Waals surface area (Å²) in [6.07, 6.45) is 8.65. The molecule has 1 aromatic carbocycles. The van der Waals surface area contributed by atoms with Crippen molar-refractivity contribution in [2.45, 2.75) is 19.9 Å². The predicted molar refractivity (Wildman–Crippen MR) is 96.9 cm³/mol. The zero-order chi connectivity index (χ0) is 17.5.